The lowest BCUT2D eigenvalue weighted by Crippen LogP contribution is -2.43. The number of hydrogen-bond donors (Lipinski definition) is 2. The van der Waals surface area contributed by atoms with Crippen LogP contribution in [0.5, 0.6) is 0 Å². The first-order valence-corrected chi connectivity index (χ1v) is 19.8. The summed E-state index contributed by atoms with van der Waals surface area (Å²) in [7, 11) is 0. The third-order valence-corrected chi connectivity index (χ3v) is 12.4. The molecule has 1 saturated carbocycles. The molecule has 2 N–H and O–H groups in total. The zero-order valence-corrected chi connectivity index (χ0v) is 32.2. The first-order valence-electron chi connectivity index (χ1n) is 19.8. The number of fused-ring (bicyclic) bond motifs is 2. The van der Waals surface area contributed by atoms with Crippen molar-refractivity contribution in [2.75, 3.05) is 42.6 Å². The summed E-state index contributed by atoms with van der Waals surface area (Å²) in [4.78, 5) is 80.4. The molecule has 2 atom stereocenters. The molecule has 300 valence electrons. The smallest absolute Gasteiger partial charge is 0.438 e. The molecular weight excluding hydrogens is 757 g/mol. The Labute approximate surface area is 336 Å². The van der Waals surface area contributed by atoms with E-state index < -0.39 is 28.9 Å². The molecule has 16 nitrogen and oxygen atoms in total. The number of benzene rings is 3. The maximum absolute atomic E-state index is 15.0. The number of ether oxygens (including phenoxy) is 1. The van der Waals surface area contributed by atoms with E-state index in [0.717, 1.165) is 23.7 Å². The van der Waals surface area contributed by atoms with E-state index in [1.54, 1.807) is 21.9 Å². The fourth-order valence-electron chi connectivity index (χ4n) is 9.25. The molecule has 4 aliphatic rings. The molecule has 6 heterocycles. The highest BCUT2D eigenvalue weighted by atomic mass is 16.5. The Morgan fingerprint density at radius 1 is 0.898 bits per heavy atom. The summed E-state index contributed by atoms with van der Waals surface area (Å²) < 4.78 is 13.9. The largest absolute Gasteiger partial charge is 0.478 e. The number of carbonyl (C=O) groups is 3. The molecule has 10 rings (SSSR count). The summed E-state index contributed by atoms with van der Waals surface area (Å²) in [5, 5.41) is 14.8. The van der Waals surface area contributed by atoms with Crippen LogP contribution < -0.4 is 21.1 Å². The summed E-state index contributed by atoms with van der Waals surface area (Å²) in [5.74, 6) is -1.42. The number of para-hydroxylation sites is 1. The minimum Gasteiger partial charge on any atom is -0.478 e. The van der Waals surface area contributed by atoms with Crippen LogP contribution >= 0.6 is 0 Å². The molecule has 3 fully saturated rings. The molecule has 3 amide bonds. The number of amides is 3. The fourth-order valence-corrected chi connectivity index (χ4v) is 9.25. The number of H-pyrrole nitrogens is 1. The van der Waals surface area contributed by atoms with Gasteiger partial charge in [0, 0.05) is 55.0 Å². The number of hydrogen-bond acceptors (Lipinski definition) is 9. The van der Waals surface area contributed by atoms with E-state index in [1.807, 2.05) is 54.0 Å². The average Bonchev–Trinajstić information content (AvgIpc) is 3.58. The van der Waals surface area contributed by atoms with Crippen molar-refractivity contribution in [1.82, 2.24) is 29.2 Å². The van der Waals surface area contributed by atoms with Crippen LogP contribution in [0.4, 0.5) is 16.4 Å². The van der Waals surface area contributed by atoms with Crippen LogP contribution in [0.3, 0.4) is 0 Å². The van der Waals surface area contributed by atoms with Crippen molar-refractivity contribution in [2.24, 2.45) is 5.92 Å². The average molecular weight is 797 g/mol. The van der Waals surface area contributed by atoms with Gasteiger partial charge in [-0.1, -0.05) is 42.4 Å². The number of anilines is 2. The van der Waals surface area contributed by atoms with Crippen LogP contribution in [0, 0.1) is 5.92 Å². The van der Waals surface area contributed by atoms with Crippen molar-refractivity contribution in [2.45, 2.75) is 50.6 Å². The van der Waals surface area contributed by atoms with Gasteiger partial charge in [0.2, 0.25) is 5.95 Å². The Morgan fingerprint density at radius 3 is 2.39 bits per heavy atom. The van der Waals surface area contributed by atoms with Crippen molar-refractivity contribution in [3.05, 3.63) is 134 Å². The number of carboxylic acid groups (broad SMARTS) is 1. The zero-order valence-electron chi connectivity index (χ0n) is 32.2. The minimum absolute atomic E-state index is 0.0124. The van der Waals surface area contributed by atoms with E-state index in [9.17, 15) is 24.3 Å². The number of rotatable bonds is 8. The highest BCUT2D eigenvalue weighted by Gasteiger charge is 2.59. The van der Waals surface area contributed by atoms with Gasteiger partial charge in [0.25, 0.3) is 11.5 Å². The zero-order chi connectivity index (χ0) is 40.6. The Bertz CT molecular complexity index is 2800. The maximum Gasteiger partial charge on any atom is 0.438 e. The van der Waals surface area contributed by atoms with Gasteiger partial charge in [-0.25, -0.2) is 23.9 Å². The summed E-state index contributed by atoms with van der Waals surface area (Å²) in [6.45, 7) is 4.14. The molecule has 59 heavy (non-hydrogen) atoms. The summed E-state index contributed by atoms with van der Waals surface area (Å²) >= 11 is 0. The van der Waals surface area contributed by atoms with Crippen LogP contribution in [0.1, 0.15) is 75.6 Å². The monoisotopic (exact) mass is 796 g/mol. The van der Waals surface area contributed by atoms with E-state index in [1.165, 1.54) is 27.2 Å². The van der Waals surface area contributed by atoms with Crippen LogP contribution in [0.2, 0.25) is 0 Å². The highest BCUT2D eigenvalue weighted by Crippen LogP contribution is 2.56. The van der Waals surface area contributed by atoms with Crippen LogP contribution in [0.15, 0.2) is 93.0 Å². The van der Waals surface area contributed by atoms with Crippen molar-refractivity contribution in [3.63, 3.8) is 0 Å². The van der Waals surface area contributed by atoms with Crippen LogP contribution in [0.25, 0.3) is 16.6 Å². The lowest BCUT2D eigenvalue weighted by molar-refractivity contribution is 0.0694. The number of aromatic carboxylic acids is 1. The van der Waals surface area contributed by atoms with Crippen molar-refractivity contribution in [3.8, 4) is 5.69 Å². The van der Waals surface area contributed by atoms with Gasteiger partial charge in [0.1, 0.15) is 11.2 Å². The first kappa shape index (κ1) is 36.5. The molecule has 0 radical (unpaired) electrons. The van der Waals surface area contributed by atoms with E-state index in [0.29, 0.717) is 60.6 Å². The van der Waals surface area contributed by atoms with E-state index in [4.69, 9.17) is 14.2 Å². The topological polar surface area (TPSA) is 189 Å². The van der Waals surface area contributed by atoms with Gasteiger partial charge < -0.3 is 19.3 Å². The Balaban J connectivity index is 1.07. The number of nitrogens with one attached hydrogen (secondary N) is 1. The predicted molar refractivity (Wildman–Crippen MR) is 214 cm³/mol. The molecule has 6 aromatic rings. The van der Waals surface area contributed by atoms with Gasteiger partial charge >= 0.3 is 17.8 Å². The second-order valence-electron chi connectivity index (χ2n) is 15.8. The molecule has 2 saturated heterocycles. The van der Waals surface area contributed by atoms with Crippen LogP contribution in [-0.2, 0) is 23.2 Å². The second-order valence-corrected chi connectivity index (χ2v) is 15.8. The molecule has 16 heteroatoms. The van der Waals surface area contributed by atoms with Crippen LogP contribution in [-0.4, -0.2) is 85.0 Å². The molecule has 0 spiro atoms. The molecule has 1 aliphatic carbocycles. The number of carboxylic acids is 1. The third-order valence-electron chi connectivity index (χ3n) is 12.4. The van der Waals surface area contributed by atoms with Crippen molar-refractivity contribution >= 4 is 40.4 Å². The van der Waals surface area contributed by atoms with Crippen molar-refractivity contribution < 1.29 is 28.8 Å². The second kappa shape index (κ2) is 13.9. The lowest BCUT2D eigenvalue weighted by Gasteiger charge is -2.31. The third kappa shape index (κ3) is 5.96. The lowest BCUT2D eigenvalue weighted by atomic mass is 9.91. The number of carbonyl (C=O) groups excluding carboxylic acids is 2. The van der Waals surface area contributed by atoms with Crippen molar-refractivity contribution in [1.29, 1.82) is 0 Å². The van der Waals surface area contributed by atoms with Gasteiger partial charge in [-0.3, -0.25) is 28.9 Å². The summed E-state index contributed by atoms with van der Waals surface area (Å²) in [6, 6.07) is 22.9. The Morgan fingerprint density at radius 2 is 1.66 bits per heavy atom. The summed E-state index contributed by atoms with van der Waals surface area (Å²) in [6.07, 6.45) is 2.59. The minimum atomic E-state index is -1.16. The fraction of sp³-hybridized carbons (Fsp3) is 0.326. The van der Waals surface area contributed by atoms with E-state index >= 15 is 4.79 Å². The Hall–Kier alpha value is -6.81. The van der Waals surface area contributed by atoms with E-state index in [-0.39, 0.29) is 55.1 Å². The standard InChI is InChI=1S/C43H40N8O8/c1-25-23-43(25,39-45-41(56)59-46-39)51-34-11-10-27(26-13-18-58-19-14-26)20-29(34)22-35(51)37(53)47-15-12-32-33(24-47)44-40(49-17-16-48(42(49)57)30-7-3-2-4-8-30)50(36(32)52)31-9-5-6-28(21-31)38(54)55/h2-11,20-22,25-26H,12-19,23-24H2,1H3,(H,54,55)(H,45,46,56)/t25-,43?/m0/s1. The quantitative estimate of drug-likeness (QED) is 0.215. The maximum atomic E-state index is 15.0. The molecule has 1 unspecified atom stereocenters. The van der Waals surface area contributed by atoms with E-state index in [2.05, 4.69) is 22.3 Å². The number of aromatic amines is 1. The SMILES string of the molecule is C[C@H]1CC1(c1noc(=O)[nH]1)n1c(C(=O)N2CCc3c(nc(N4CCN(c5ccccc5)C4=O)n(-c4cccc(C(=O)O)c4)c3=O)C2)cc2cc(C3CCOCC3)ccc21. The van der Waals surface area contributed by atoms with Gasteiger partial charge in [-0.15, -0.1) is 0 Å². The molecule has 3 aliphatic heterocycles. The van der Waals surface area contributed by atoms with Gasteiger partial charge in [-0.2, -0.15) is 0 Å². The number of aromatic nitrogens is 5. The first-order chi connectivity index (χ1) is 28.6. The normalized spacial score (nSPS) is 20.7. The Kier molecular flexibility index (Phi) is 8.63. The predicted octanol–water partition coefficient (Wildman–Crippen LogP) is 4.88. The summed E-state index contributed by atoms with van der Waals surface area (Å²) in [5.41, 5.74) is 2.73. The number of nitrogens with zero attached hydrogens (tertiary/aromatic N) is 7. The van der Waals surface area contributed by atoms with Gasteiger partial charge in [0.15, 0.2) is 5.82 Å². The molecule has 3 aromatic heterocycles. The van der Waals surface area contributed by atoms with Gasteiger partial charge in [0.05, 0.1) is 23.5 Å². The van der Waals surface area contributed by atoms with Gasteiger partial charge in [-0.05, 0) is 91.6 Å². The molecular formula is C43H40N8O8. The number of urea groups is 1. The molecule has 0 bridgehead atoms. The highest BCUT2D eigenvalue weighted by molar-refractivity contribution is 6.05. The molecule has 3 aromatic carbocycles.